The first kappa shape index (κ1) is 17.0. The zero-order valence-electron chi connectivity index (χ0n) is 13.1. The molecule has 0 saturated carbocycles. The van der Waals surface area contributed by atoms with E-state index in [1.54, 1.807) is 0 Å². The van der Waals surface area contributed by atoms with Gasteiger partial charge in [0.1, 0.15) is 5.75 Å². The third kappa shape index (κ3) is 5.49. The van der Waals surface area contributed by atoms with Crippen molar-refractivity contribution in [2.75, 3.05) is 6.61 Å². The van der Waals surface area contributed by atoms with E-state index in [2.05, 4.69) is 45.9 Å². The lowest BCUT2D eigenvalue weighted by molar-refractivity contribution is 0.313. The fraction of sp³-hybridized carbons (Fsp3) is 0.588. The molecule has 1 rings (SSSR count). The van der Waals surface area contributed by atoms with E-state index in [9.17, 15) is 0 Å². The van der Waals surface area contributed by atoms with Crippen molar-refractivity contribution in [1.82, 2.24) is 0 Å². The molecule has 20 heavy (non-hydrogen) atoms. The molecule has 0 heterocycles. The maximum Gasteiger partial charge on any atom is 0.122 e. The van der Waals surface area contributed by atoms with Crippen LogP contribution in [-0.2, 0) is 6.42 Å². The predicted molar refractivity (Wildman–Crippen MR) is 90.6 cm³/mol. The molecule has 3 heteroatoms. The van der Waals surface area contributed by atoms with E-state index in [0.29, 0.717) is 16.8 Å². The van der Waals surface area contributed by atoms with Crippen LogP contribution in [0.3, 0.4) is 0 Å². The first-order valence-corrected chi connectivity index (χ1v) is 7.88. The summed E-state index contributed by atoms with van der Waals surface area (Å²) in [5, 5.41) is 0. The summed E-state index contributed by atoms with van der Waals surface area (Å²) < 4.78 is 5.83. The van der Waals surface area contributed by atoms with Gasteiger partial charge in [0.05, 0.1) is 11.6 Å². The maximum atomic E-state index is 5.83. The van der Waals surface area contributed by atoms with Crippen molar-refractivity contribution >= 4 is 17.2 Å². The zero-order chi connectivity index (χ0) is 15.1. The highest BCUT2D eigenvalue weighted by atomic mass is 32.1. The second-order valence-electron chi connectivity index (χ2n) is 5.86. The van der Waals surface area contributed by atoms with Gasteiger partial charge in [0.15, 0.2) is 0 Å². The van der Waals surface area contributed by atoms with E-state index >= 15 is 0 Å². The number of hydrogen-bond donors (Lipinski definition) is 1. The van der Waals surface area contributed by atoms with Gasteiger partial charge in [0, 0.05) is 6.42 Å². The average molecular weight is 293 g/mol. The molecule has 0 fully saturated rings. The van der Waals surface area contributed by atoms with Crippen LogP contribution in [0.2, 0.25) is 0 Å². The van der Waals surface area contributed by atoms with Crippen LogP contribution in [0.5, 0.6) is 5.75 Å². The summed E-state index contributed by atoms with van der Waals surface area (Å²) in [6, 6.07) is 6.53. The third-order valence-electron chi connectivity index (χ3n) is 3.29. The number of hydrogen-bond acceptors (Lipinski definition) is 2. The van der Waals surface area contributed by atoms with E-state index in [1.807, 2.05) is 0 Å². The first-order chi connectivity index (χ1) is 9.43. The van der Waals surface area contributed by atoms with Gasteiger partial charge in [-0.05, 0) is 41.9 Å². The summed E-state index contributed by atoms with van der Waals surface area (Å²) in [6.45, 7) is 9.50. The van der Waals surface area contributed by atoms with Gasteiger partial charge < -0.3 is 10.5 Å². The van der Waals surface area contributed by atoms with E-state index in [1.165, 1.54) is 11.1 Å². The molecule has 0 aromatic heterocycles. The van der Waals surface area contributed by atoms with Crippen LogP contribution in [0.15, 0.2) is 18.2 Å². The Balaban J connectivity index is 2.84. The van der Waals surface area contributed by atoms with Gasteiger partial charge in [-0.2, -0.15) is 0 Å². The molecule has 2 nitrogen and oxygen atoms in total. The smallest absolute Gasteiger partial charge is 0.122 e. The highest BCUT2D eigenvalue weighted by molar-refractivity contribution is 7.80. The van der Waals surface area contributed by atoms with Crippen LogP contribution < -0.4 is 10.5 Å². The third-order valence-corrected chi connectivity index (χ3v) is 3.46. The van der Waals surface area contributed by atoms with Crippen LogP contribution in [0.25, 0.3) is 0 Å². The molecule has 0 aliphatic heterocycles. The minimum atomic E-state index is 0.465. The van der Waals surface area contributed by atoms with Crippen molar-refractivity contribution in [2.24, 2.45) is 11.7 Å². The lowest BCUT2D eigenvalue weighted by Gasteiger charge is -2.17. The summed E-state index contributed by atoms with van der Waals surface area (Å²) in [5.41, 5.74) is 8.24. The summed E-state index contributed by atoms with van der Waals surface area (Å²) in [7, 11) is 0. The predicted octanol–water partition coefficient (Wildman–Crippen LogP) is 4.45. The van der Waals surface area contributed by atoms with E-state index in [4.69, 9.17) is 22.7 Å². The normalized spacial score (nSPS) is 12.4. The molecule has 0 aliphatic carbocycles. The minimum Gasteiger partial charge on any atom is -0.493 e. The molecular formula is C17H27NOS. The fourth-order valence-electron chi connectivity index (χ4n) is 2.34. The summed E-state index contributed by atoms with van der Waals surface area (Å²) in [6.07, 6.45) is 2.84. The Morgan fingerprint density at radius 2 is 2.00 bits per heavy atom. The van der Waals surface area contributed by atoms with Crippen molar-refractivity contribution in [3.05, 3.63) is 29.3 Å². The number of nitrogens with two attached hydrogens (primary N) is 1. The van der Waals surface area contributed by atoms with Gasteiger partial charge in [0.2, 0.25) is 0 Å². The van der Waals surface area contributed by atoms with Gasteiger partial charge >= 0.3 is 0 Å². The summed E-state index contributed by atoms with van der Waals surface area (Å²) in [4.78, 5) is 0.601. The molecule has 0 spiro atoms. The lowest BCUT2D eigenvalue weighted by atomic mass is 9.93. The lowest BCUT2D eigenvalue weighted by Crippen LogP contribution is -2.14. The van der Waals surface area contributed by atoms with E-state index in [0.717, 1.165) is 31.6 Å². The molecule has 2 N–H and O–H groups in total. The highest BCUT2D eigenvalue weighted by Gasteiger charge is 2.11. The largest absolute Gasteiger partial charge is 0.493 e. The van der Waals surface area contributed by atoms with Crippen molar-refractivity contribution < 1.29 is 4.74 Å². The monoisotopic (exact) mass is 293 g/mol. The Bertz CT molecular complexity index is 443. The van der Waals surface area contributed by atoms with Crippen LogP contribution in [0.4, 0.5) is 0 Å². The van der Waals surface area contributed by atoms with Crippen LogP contribution in [-0.4, -0.2) is 11.6 Å². The van der Waals surface area contributed by atoms with Gasteiger partial charge in [-0.1, -0.05) is 52.0 Å². The van der Waals surface area contributed by atoms with Crippen LogP contribution in [0, 0.1) is 5.92 Å². The summed E-state index contributed by atoms with van der Waals surface area (Å²) >= 11 is 4.98. The quantitative estimate of drug-likeness (QED) is 0.719. The van der Waals surface area contributed by atoms with E-state index in [-0.39, 0.29) is 0 Å². The molecule has 1 unspecified atom stereocenters. The number of rotatable bonds is 8. The molecule has 112 valence electrons. The Labute approximate surface area is 128 Å². The van der Waals surface area contributed by atoms with Gasteiger partial charge in [-0.15, -0.1) is 0 Å². The average Bonchev–Trinajstić information content (AvgIpc) is 2.35. The second kappa shape index (κ2) is 8.25. The SMILES string of the molecule is CCCOc1ccc(CC(C)CC(N)=S)cc1C(C)C. The van der Waals surface area contributed by atoms with E-state index < -0.39 is 0 Å². The molecule has 1 aromatic rings. The molecule has 1 atom stereocenters. The highest BCUT2D eigenvalue weighted by Crippen LogP contribution is 2.29. The van der Waals surface area contributed by atoms with Crippen LogP contribution in [0.1, 0.15) is 57.6 Å². The number of ether oxygens (including phenoxy) is 1. The molecule has 0 bridgehead atoms. The van der Waals surface area contributed by atoms with Crippen molar-refractivity contribution in [2.45, 2.75) is 52.9 Å². The van der Waals surface area contributed by atoms with Crippen LogP contribution >= 0.6 is 12.2 Å². The molecular weight excluding hydrogens is 266 g/mol. The molecule has 0 radical (unpaired) electrons. The standard InChI is InChI=1S/C17H27NOS/c1-5-8-19-16-7-6-14(11-15(16)12(2)3)9-13(4)10-17(18)20/h6-7,11-13H,5,8-10H2,1-4H3,(H2,18,20). The minimum absolute atomic E-state index is 0.465. The van der Waals surface area contributed by atoms with Crippen molar-refractivity contribution in [3.63, 3.8) is 0 Å². The van der Waals surface area contributed by atoms with Gasteiger partial charge in [-0.3, -0.25) is 0 Å². The Hall–Kier alpha value is -1.09. The Morgan fingerprint density at radius 1 is 1.30 bits per heavy atom. The molecule has 1 aromatic carbocycles. The van der Waals surface area contributed by atoms with Crippen molar-refractivity contribution in [1.29, 1.82) is 0 Å². The Morgan fingerprint density at radius 3 is 2.55 bits per heavy atom. The first-order valence-electron chi connectivity index (χ1n) is 7.48. The number of thiocarbonyl (C=S) groups is 1. The molecule has 0 aliphatic rings. The van der Waals surface area contributed by atoms with Gasteiger partial charge in [-0.25, -0.2) is 0 Å². The topological polar surface area (TPSA) is 35.2 Å². The van der Waals surface area contributed by atoms with Gasteiger partial charge in [0.25, 0.3) is 0 Å². The molecule has 0 saturated heterocycles. The Kier molecular flexibility index (Phi) is 7.00. The number of benzene rings is 1. The maximum absolute atomic E-state index is 5.83. The zero-order valence-corrected chi connectivity index (χ0v) is 13.9. The summed E-state index contributed by atoms with van der Waals surface area (Å²) in [5.74, 6) is 1.97. The second-order valence-corrected chi connectivity index (χ2v) is 6.38. The molecule has 0 amide bonds. The fourth-order valence-corrected chi connectivity index (χ4v) is 2.62. The van der Waals surface area contributed by atoms with Crippen molar-refractivity contribution in [3.8, 4) is 5.75 Å².